The van der Waals surface area contributed by atoms with E-state index in [1.54, 1.807) is 12.1 Å². The van der Waals surface area contributed by atoms with Gasteiger partial charge in [0.15, 0.2) is 5.58 Å². The van der Waals surface area contributed by atoms with Crippen molar-refractivity contribution in [2.24, 2.45) is 17.8 Å². The van der Waals surface area contributed by atoms with Crippen LogP contribution in [0.5, 0.6) is 0 Å². The Morgan fingerprint density at radius 2 is 2.08 bits per heavy atom. The van der Waals surface area contributed by atoms with Crippen LogP contribution in [0.2, 0.25) is 10.0 Å². The van der Waals surface area contributed by atoms with Crippen LogP contribution in [0.3, 0.4) is 0 Å². The summed E-state index contributed by atoms with van der Waals surface area (Å²) >= 11 is 12.2. The van der Waals surface area contributed by atoms with Crippen molar-refractivity contribution >= 4 is 46.2 Å². The summed E-state index contributed by atoms with van der Waals surface area (Å²) in [6, 6.07) is 4.20. The van der Waals surface area contributed by atoms with Gasteiger partial charge in [-0.1, -0.05) is 23.2 Å². The van der Waals surface area contributed by atoms with Gasteiger partial charge in [0.05, 0.1) is 11.6 Å². The van der Waals surface area contributed by atoms with Crippen molar-refractivity contribution in [2.75, 3.05) is 31.2 Å². The Balaban J connectivity index is 1.16. The number of oxazole rings is 1. The summed E-state index contributed by atoms with van der Waals surface area (Å²) < 4.78 is 11.3. The standard InChI is InChI=1S/C18H19Cl2N3O3/c19-10-3-13(20)17-14(4-10)21-18(26-17)23-5-11-12(6-23)16(11)22-15(24)8-25-7-9-1-2-9/h3-4,9,11-12,16H,1-2,5-8H2,(H,22,24)/t11-,12+,16?. The molecule has 2 aromatic rings. The average Bonchev–Trinajstić information content (AvgIpc) is 3.40. The number of ether oxygens (including phenoxy) is 1. The van der Waals surface area contributed by atoms with Crippen LogP contribution in [0.4, 0.5) is 6.01 Å². The third-order valence-corrected chi connectivity index (χ3v) is 5.97. The molecule has 1 unspecified atom stereocenters. The van der Waals surface area contributed by atoms with E-state index >= 15 is 0 Å². The molecule has 3 fully saturated rings. The fourth-order valence-electron chi connectivity index (χ4n) is 3.81. The molecule has 6 nitrogen and oxygen atoms in total. The summed E-state index contributed by atoms with van der Waals surface area (Å²) in [5.74, 6) is 1.55. The fourth-order valence-corrected chi connectivity index (χ4v) is 4.33. The van der Waals surface area contributed by atoms with Gasteiger partial charge in [-0.15, -0.1) is 0 Å². The molecule has 1 amide bonds. The molecule has 1 aromatic heterocycles. The van der Waals surface area contributed by atoms with Crippen molar-refractivity contribution in [3.8, 4) is 0 Å². The number of piperidine rings is 1. The molecule has 2 heterocycles. The van der Waals surface area contributed by atoms with E-state index in [0.29, 0.717) is 51.5 Å². The molecule has 5 rings (SSSR count). The minimum Gasteiger partial charge on any atom is -0.422 e. The molecule has 138 valence electrons. The minimum atomic E-state index is -0.0140. The summed E-state index contributed by atoms with van der Waals surface area (Å²) in [5.41, 5.74) is 1.22. The number of halogens is 2. The van der Waals surface area contributed by atoms with E-state index in [4.69, 9.17) is 32.4 Å². The van der Waals surface area contributed by atoms with Crippen molar-refractivity contribution < 1.29 is 13.9 Å². The molecule has 0 radical (unpaired) electrons. The molecule has 1 aliphatic heterocycles. The normalized spacial score (nSPS) is 27.0. The lowest BCUT2D eigenvalue weighted by molar-refractivity contribution is -0.126. The van der Waals surface area contributed by atoms with Crippen LogP contribution in [0.1, 0.15) is 12.8 Å². The number of nitrogens with one attached hydrogen (secondary N) is 1. The average molecular weight is 396 g/mol. The van der Waals surface area contributed by atoms with Crippen LogP contribution < -0.4 is 10.2 Å². The highest BCUT2D eigenvalue weighted by atomic mass is 35.5. The molecule has 8 heteroatoms. The smallest absolute Gasteiger partial charge is 0.298 e. The number of carbonyl (C=O) groups excluding carboxylic acids is 1. The quantitative estimate of drug-likeness (QED) is 0.813. The van der Waals surface area contributed by atoms with E-state index in [2.05, 4.69) is 15.2 Å². The zero-order chi connectivity index (χ0) is 17.8. The summed E-state index contributed by atoms with van der Waals surface area (Å²) in [6.45, 7) is 2.51. The Kier molecular flexibility index (Phi) is 4.03. The fraction of sp³-hybridized carbons (Fsp3) is 0.556. The van der Waals surface area contributed by atoms with Crippen molar-refractivity contribution in [1.29, 1.82) is 0 Å². The molecular formula is C18H19Cl2N3O3. The van der Waals surface area contributed by atoms with Crippen molar-refractivity contribution in [3.63, 3.8) is 0 Å². The zero-order valence-electron chi connectivity index (χ0n) is 14.1. The van der Waals surface area contributed by atoms with Gasteiger partial charge in [0, 0.05) is 36.0 Å². The maximum atomic E-state index is 12.0. The Hall–Kier alpha value is -1.50. The first-order valence-electron chi connectivity index (χ1n) is 8.96. The molecule has 26 heavy (non-hydrogen) atoms. The van der Waals surface area contributed by atoms with Crippen LogP contribution in [0, 0.1) is 17.8 Å². The summed E-state index contributed by atoms with van der Waals surface area (Å²) in [7, 11) is 0. The number of hydrogen-bond acceptors (Lipinski definition) is 5. The lowest BCUT2D eigenvalue weighted by Crippen LogP contribution is -2.36. The van der Waals surface area contributed by atoms with Crippen LogP contribution in [0.25, 0.3) is 11.1 Å². The highest BCUT2D eigenvalue weighted by Gasteiger charge is 2.57. The minimum absolute atomic E-state index is 0.0140. The first-order chi connectivity index (χ1) is 12.6. The highest BCUT2D eigenvalue weighted by molar-refractivity contribution is 6.38. The topological polar surface area (TPSA) is 67.6 Å². The number of amides is 1. The predicted octanol–water partition coefficient (Wildman–Crippen LogP) is 3.11. The third-order valence-electron chi connectivity index (χ3n) is 5.47. The van der Waals surface area contributed by atoms with Crippen molar-refractivity contribution in [2.45, 2.75) is 18.9 Å². The third kappa shape index (κ3) is 3.15. The molecule has 3 aliphatic rings. The largest absolute Gasteiger partial charge is 0.422 e. The van der Waals surface area contributed by atoms with E-state index in [0.717, 1.165) is 13.1 Å². The van der Waals surface area contributed by atoms with Gasteiger partial charge in [0.1, 0.15) is 12.1 Å². The van der Waals surface area contributed by atoms with E-state index < -0.39 is 0 Å². The molecule has 1 N–H and O–H groups in total. The second-order valence-corrected chi connectivity index (χ2v) is 8.36. The first kappa shape index (κ1) is 16.7. The van der Waals surface area contributed by atoms with E-state index in [1.165, 1.54) is 12.8 Å². The zero-order valence-corrected chi connectivity index (χ0v) is 15.6. The number of benzene rings is 1. The number of hydrogen-bond donors (Lipinski definition) is 1. The van der Waals surface area contributed by atoms with Crippen molar-refractivity contribution in [3.05, 3.63) is 22.2 Å². The number of fused-ring (bicyclic) bond motifs is 2. The maximum absolute atomic E-state index is 12.0. The molecule has 3 atom stereocenters. The second-order valence-electron chi connectivity index (χ2n) is 7.52. The molecule has 2 saturated carbocycles. The van der Waals surface area contributed by atoms with E-state index in [1.807, 2.05) is 0 Å². The number of nitrogens with zero attached hydrogens (tertiary/aromatic N) is 2. The number of anilines is 1. The Bertz CT molecular complexity index is 855. The van der Waals surface area contributed by atoms with Crippen LogP contribution in [-0.4, -0.2) is 43.2 Å². The Labute approximate surface area is 160 Å². The van der Waals surface area contributed by atoms with Gasteiger partial charge in [0.2, 0.25) is 5.91 Å². The molecule has 1 aromatic carbocycles. The predicted molar refractivity (Wildman–Crippen MR) is 98.7 cm³/mol. The highest BCUT2D eigenvalue weighted by Crippen LogP contribution is 2.47. The van der Waals surface area contributed by atoms with E-state index in [9.17, 15) is 4.79 Å². The summed E-state index contributed by atoms with van der Waals surface area (Å²) in [4.78, 5) is 18.6. The molecule has 0 bridgehead atoms. The van der Waals surface area contributed by atoms with Gasteiger partial charge >= 0.3 is 0 Å². The SMILES string of the molecule is O=C(COCC1CC1)NC1[C@H]2CN(c3nc4cc(Cl)cc(Cl)c4o3)C[C@@H]12. The number of rotatable bonds is 6. The van der Waals surface area contributed by atoms with Gasteiger partial charge in [-0.25, -0.2) is 0 Å². The molecule has 2 aliphatic carbocycles. The lowest BCUT2D eigenvalue weighted by Gasteiger charge is -2.17. The number of aromatic nitrogens is 1. The monoisotopic (exact) mass is 395 g/mol. The molecular weight excluding hydrogens is 377 g/mol. The summed E-state index contributed by atoms with van der Waals surface area (Å²) in [5, 5.41) is 4.09. The van der Waals surface area contributed by atoms with Crippen LogP contribution >= 0.6 is 23.2 Å². The molecule has 0 spiro atoms. The van der Waals surface area contributed by atoms with Gasteiger partial charge in [0.25, 0.3) is 6.01 Å². The first-order valence-corrected chi connectivity index (χ1v) is 9.72. The Morgan fingerprint density at radius 3 is 2.81 bits per heavy atom. The Morgan fingerprint density at radius 1 is 1.31 bits per heavy atom. The number of carbonyl (C=O) groups is 1. The van der Waals surface area contributed by atoms with Gasteiger partial charge in [-0.3, -0.25) is 4.79 Å². The lowest BCUT2D eigenvalue weighted by atomic mass is 10.3. The van der Waals surface area contributed by atoms with Gasteiger partial charge in [-0.2, -0.15) is 4.98 Å². The molecule has 1 saturated heterocycles. The van der Waals surface area contributed by atoms with Gasteiger partial charge < -0.3 is 19.4 Å². The maximum Gasteiger partial charge on any atom is 0.298 e. The van der Waals surface area contributed by atoms with E-state index in [-0.39, 0.29) is 18.6 Å². The summed E-state index contributed by atoms with van der Waals surface area (Å²) in [6.07, 6.45) is 2.47. The van der Waals surface area contributed by atoms with Crippen LogP contribution in [-0.2, 0) is 9.53 Å². The van der Waals surface area contributed by atoms with Crippen LogP contribution in [0.15, 0.2) is 16.5 Å². The van der Waals surface area contributed by atoms with Crippen molar-refractivity contribution in [1.82, 2.24) is 10.3 Å². The van der Waals surface area contributed by atoms with Gasteiger partial charge in [-0.05, 0) is 30.9 Å². The second kappa shape index (κ2) is 6.29.